The van der Waals surface area contributed by atoms with Gasteiger partial charge in [0, 0.05) is 45.8 Å². The lowest BCUT2D eigenvalue weighted by Crippen LogP contribution is -2.56. The van der Waals surface area contributed by atoms with Crippen LogP contribution in [0.5, 0.6) is 0 Å². The number of carboxylic acid groups (broad SMARTS) is 1. The Balaban J connectivity index is 1.83. The third-order valence-corrected chi connectivity index (χ3v) is 3.24. The van der Waals surface area contributed by atoms with Gasteiger partial charge in [0.15, 0.2) is 0 Å². The van der Waals surface area contributed by atoms with Gasteiger partial charge in [-0.15, -0.1) is 0 Å². The molecule has 0 spiro atoms. The largest absolute Gasteiger partial charge is 0.480 e. The van der Waals surface area contributed by atoms with Crippen molar-refractivity contribution in [3.8, 4) is 0 Å². The predicted molar refractivity (Wildman–Crippen MR) is 60.8 cm³/mol. The van der Waals surface area contributed by atoms with Gasteiger partial charge in [-0.1, -0.05) is 0 Å². The summed E-state index contributed by atoms with van der Waals surface area (Å²) in [7, 11) is 0. The summed E-state index contributed by atoms with van der Waals surface area (Å²) in [5, 5.41) is 14.9. The Labute approximate surface area is 99.7 Å². The summed E-state index contributed by atoms with van der Waals surface area (Å²) in [5.74, 6) is -0.803. The molecule has 1 unspecified atom stereocenters. The van der Waals surface area contributed by atoms with Gasteiger partial charge in [0.1, 0.15) is 6.04 Å². The highest BCUT2D eigenvalue weighted by atomic mass is 16.4. The van der Waals surface area contributed by atoms with Crippen molar-refractivity contribution < 1.29 is 14.7 Å². The van der Waals surface area contributed by atoms with Crippen LogP contribution in [0.2, 0.25) is 0 Å². The van der Waals surface area contributed by atoms with Crippen LogP contribution in [0.25, 0.3) is 0 Å². The van der Waals surface area contributed by atoms with Crippen molar-refractivity contribution in [3.05, 3.63) is 0 Å². The molecule has 2 heterocycles. The van der Waals surface area contributed by atoms with Gasteiger partial charge < -0.3 is 20.6 Å². The number of urea groups is 1. The molecule has 3 N–H and O–H groups in total. The number of nitrogens with one attached hydrogen (secondary N) is 2. The minimum Gasteiger partial charge on any atom is -0.480 e. The zero-order valence-corrected chi connectivity index (χ0v) is 9.69. The zero-order valence-electron chi connectivity index (χ0n) is 9.69. The highest BCUT2D eigenvalue weighted by molar-refractivity contribution is 5.76. The molecule has 0 radical (unpaired) electrons. The van der Waals surface area contributed by atoms with Crippen molar-refractivity contribution in [2.75, 3.05) is 45.8 Å². The summed E-state index contributed by atoms with van der Waals surface area (Å²) < 4.78 is 0. The maximum absolute atomic E-state index is 11.3. The van der Waals surface area contributed by atoms with Gasteiger partial charge in [-0.05, 0) is 0 Å². The fraction of sp³-hybridized carbons (Fsp3) is 0.800. The summed E-state index contributed by atoms with van der Waals surface area (Å²) >= 11 is 0. The number of carboxylic acids is 1. The van der Waals surface area contributed by atoms with Crippen LogP contribution in [-0.4, -0.2) is 78.8 Å². The normalized spacial score (nSPS) is 26.0. The molecular formula is C10H18N4O3. The van der Waals surface area contributed by atoms with Crippen LogP contribution in [0.15, 0.2) is 0 Å². The molecular weight excluding hydrogens is 224 g/mol. The summed E-state index contributed by atoms with van der Waals surface area (Å²) in [4.78, 5) is 26.0. The summed E-state index contributed by atoms with van der Waals surface area (Å²) in [6.07, 6.45) is 0. The second-order valence-corrected chi connectivity index (χ2v) is 4.31. The lowest BCUT2D eigenvalue weighted by atomic mass is 10.2. The quantitative estimate of drug-likeness (QED) is 0.551. The molecule has 7 nitrogen and oxygen atoms in total. The standard InChI is InChI=1S/C10H18N4O3/c15-9(16)8-7-11-1-3-13(8)5-6-14-4-2-12-10(14)17/h8,11H,1-7H2,(H,12,17)(H,15,16). The predicted octanol–water partition coefficient (Wildman–Crippen LogP) is -1.63. The summed E-state index contributed by atoms with van der Waals surface area (Å²) in [6.45, 7) is 4.59. The number of amides is 2. The molecule has 7 heteroatoms. The van der Waals surface area contributed by atoms with Gasteiger partial charge in [-0.3, -0.25) is 9.69 Å². The molecule has 17 heavy (non-hydrogen) atoms. The molecule has 2 saturated heterocycles. The number of piperazine rings is 1. The minimum absolute atomic E-state index is 0.0491. The lowest BCUT2D eigenvalue weighted by Gasteiger charge is -2.34. The molecule has 2 rings (SSSR count). The second-order valence-electron chi connectivity index (χ2n) is 4.31. The van der Waals surface area contributed by atoms with Gasteiger partial charge in [-0.25, -0.2) is 4.79 Å². The molecule has 96 valence electrons. The van der Waals surface area contributed by atoms with E-state index in [-0.39, 0.29) is 6.03 Å². The third kappa shape index (κ3) is 2.86. The number of carbonyl (C=O) groups is 2. The Morgan fingerprint density at radius 1 is 1.35 bits per heavy atom. The minimum atomic E-state index is -0.803. The Bertz CT molecular complexity index is 310. The number of aliphatic carboxylic acids is 1. The fourth-order valence-corrected chi connectivity index (χ4v) is 2.23. The molecule has 2 aliphatic heterocycles. The van der Waals surface area contributed by atoms with Gasteiger partial charge in [0.05, 0.1) is 0 Å². The van der Waals surface area contributed by atoms with Gasteiger partial charge in [0.25, 0.3) is 0 Å². The van der Waals surface area contributed by atoms with Crippen molar-refractivity contribution in [3.63, 3.8) is 0 Å². The van der Waals surface area contributed by atoms with E-state index in [1.807, 2.05) is 4.90 Å². The molecule has 0 aromatic heterocycles. The first-order chi connectivity index (χ1) is 8.18. The molecule has 2 aliphatic rings. The van der Waals surface area contributed by atoms with E-state index in [1.165, 1.54) is 0 Å². The van der Waals surface area contributed by atoms with Gasteiger partial charge in [-0.2, -0.15) is 0 Å². The zero-order chi connectivity index (χ0) is 12.3. The van der Waals surface area contributed by atoms with Crippen LogP contribution in [0, 0.1) is 0 Å². The van der Waals surface area contributed by atoms with E-state index >= 15 is 0 Å². The van der Waals surface area contributed by atoms with Crippen molar-refractivity contribution >= 4 is 12.0 Å². The second kappa shape index (κ2) is 5.33. The van der Waals surface area contributed by atoms with E-state index in [0.29, 0.717) is 39.3 Å². The van der Waals surface area contributed by atoms with Crippen LogP contribution in [-0.2, 0) is 4.79 Å². The first-order valence-corrected chi connectivity index (χ1v) is 5.89. The highest BCUT2D eigenvalue weighted by Gasteiger charge is 2.29. The first-order valence-electron chi connectivity index (χ1n) is 5.89. The van der Waals surface area contributed by atoms with Crippen molar-refractivity contribution in [2.24, 2.45) is 0 Å². The van der Waals surface area contributed by atoms with Crippen molar-refractivity contribution in [1.82, 2.24) is 20.4 Å². The Hall–Kier alpha value is -1.34. The smallest absolute Gasteiger partial charge is 0.322 e. The van der Waals surface area contributed by atoms with E-state index in [4.69, 9.17) is 5.11 Å². The average Bonchev–Trinajstić information content (AvgIpc) is 2.72. The van der Waals surface area contributed by atoms with Crippen LogP contribution >= 0.6 is 0 Å². The van der Waals surface area contributed by atoms with Crippen LogP contribution < -0.4 is 10.6 Å². The third-order valence-electron chi connectivity index (χ3n) is 3.24. The SMILES string of the molecule is O=C(O)C1CNCCN1CCN1CCNC1=O. The molecule has 1 atom stereocenters. The maximum atomic E-state index is 11.3. The van der Waals surface area contributed by atoms with Crippen LogP contribution in [0.1, 0.15) is 0 Å². The topological polar surface area (TPSA) is 84.9 Å². The van der Waals surface area contributed by atoms with E-state index < -0.39 is 12.0 Å². The van der Waals surface area contributed by atoms with E-state index in [0.717, 1.165) is 6.54 Å². The number of rotatable bonds is 4. The van der Waals surface area contributed by atoms with E-state index in [2.05, 4.69) is 10.6 Å². The average molecular weight is 242 g/mol. The number of hydrogen-bond donors (Lipinski definition) is 3. The molecule has 0 aromatic carbocycles. The molecule has 0 bridgehead atoms. The lowest BCUT2D eigenvalue weighted by molar-refractivity contribution is -0.143. The maximum Gasteiger partial charge on any atom is 0.322 e. The highest BCUT2D eigenvalue weighted by Crippen LogP contribution is 2.05. The summed E-state index contributed by atoms with van der Waals surface area (Å²) in [5.41, 5.74) is 0. The number of hydrogen-bond acceptors (Lipinski definition) is 4. The van der Waals surface area contributed by atoms with E-state index in [9.17, 15) is 9.59 Å². The Morgan fingerprint density at radius 3 is 2.82 bits per heavy atom. The van der Waals surface area contributed by atoms with Gasteiger partial charge >= 0.3 is 12.0 Å². The molecule has 2 amide bonds. The van der Waals surface area contributed by atoms with Crippen molar-refractivity contribution in [2.45, 2.75) is 6.04 Å². The van der Waals surface area contributed by atoms with Crippen LogP contribution in [0.4, 0.5) is 4.79 Å². The number of nitrogens with zero attached hydrogens (tertiary/aromatic N) is 2. The first kappa shape index (κ1) is 12.1. The monoisotopic (exact) mass is 242 g/mol. The van der Waals surface area contributed by atoms with E-state index in [1.54, 1.807) is 4.90 Å². The molecule has 0 aliphatic carbocycles. The Kier molecular flexibility index (Phi) is 3.80. The molecule has 0 aromatic rings. The summed E-state index contributed by atoms with van der Waals surface area (Å²) in [6, 6.07) is -0.526. The van der Waals surface area contributed by atoms with Crippen LogP contribution in [0.3, 0.4) is 0 Å². The van der Waals surface area contributed by atoms with Gasteiger partial charge in [0.2, 0.25) is 0 Å². The number of carbonyl (C=O) groups excluding carboxylic acids is 1. The molecule has 0 saturated carbocycles. The fourth-order valence-electron chi connectivity index (χ4n) is 2.23. The Morgan fingerprint density at radius 2 is 2.18 bits per heavy atom. The van der Waals surface area contributed by atoms with Crippen molar-refractivity contribution in [1.29, 1.82) is 0 Å². The molecule has 2 fully saturated rings.